The molecule has 0 aromatic heterocycles. The van der Waals surface area contributed by atoms with E-state index in [1.54, 1.807) is 0 Å². The van der Waals surface area contributed by atoms with E-state index in [9.17, 15) is 0 Å². The maximum absolute atomic E-state index is 5.69. The number of alkyl halides is 1. The fourth-order valence-corrected chi connectivity index (χ4v) is 2.32. The summed E-state index contributed by atoms with van der Waals surface area (Å²) in [4.78, 5) is 0. The molecule has 1 fully saturated rings. The van der Waals surface area contributed by atoms with Gasteiger partial charge in [0, 0.05) is 18.0 Å². The standard InChI is InChI=1S/C9H18ClN/c1-7-5-8(2)11-9(6-7)3-4-10/h7-9,11H,3-6H2,1-2H3. The van der Waals surface area contributed by atoms with Crippen molar-refractivity contribution in [3.8, 4) is 0 Å². The summed E-state index contributed by atoms with van der Waals surface area (Å²) < 4.78 is 0. The highest BCUT2D eigenvalue weighted by Gasteiger charge is 2.21. The molecule has 1 rings (SSSR count). The molecule has 1 heterocycles. The number of nitrogens with one attached hydrogen (secondary N) is 1. The smallest absolute Gasteiger partial charge is 0.0238 e. The fraction of sp³-hybridized carbons (Fsp3) is 1.00. The van der Waals surface area contributed by atoms with Gasteiger partial charge in [-0.15, -0.1) is 11.6 Å². The molecule has 2 heteroatoms. The first kappa shape index (κ1) is 9.34. The van der Waals surface area contributed by atoms with Crippen molar-refractivity contribution in [3.63, 3.8) is 0 Å². The van der Waals surface area contributed by atoms with Crippen molar-refractivity contribution >= 4 is 11.6 Å². The van der Waals surface area contributed by atoms with Gasteiger partial charge in [-0.2, -0.15) is 0 Å². The van der Waals surface area contributed by atoms with Crippen LogP contribution in [0.3, 0.4) is 0 Å². The van der Waals surface area contributed by atoms with E-state index in [1.807, 2.05) is 0 Å². The molecule has 3 unspecified atom stereocenters. The molecule has 0 spiro atoms. The molecule has 1 aliphatic rings. The number of hydrogen-bond donors (Lipinski definition) is 1. The first-order valence-electron chi connectivity index (χ1n) is 4.54. The number of rotatable bonds is 2. The van der Waals surface area contributed by atoms with Gasteiger partial charge in [-0.05, 0) is 32.1 Å². The Bertz CT molecular complexity index is 106. The zero-order valence-corrected chi connectivity index (χ0v) is 8.19. The van der Waals surface area contributed by atoms with E-state index in [-0.39, 0.29) is 0 Å². The van der Waals surface area contributed by atoms with Crippen LogP contribution in [0, 0.1) is 5.92 Å². The van der Waals surface area contributed by atoms with Crippen LogP contribution in [-0.4, -0.2) is 18.0 Å². The monoisotopic (exact) mass is 175 g/mol. The van der Waals surface area contributed by atoms with Crippen LogP contribution in [0.2, 0.25) is 0 Å². The molecule has 0 saturated carbocycles. The molecule has 0 bridgehead atoms. The summed E-state index contributed by atoms with van der Waals surface area (Å²) >= 11 is 5.69. The fourth-order valence-electron chi connectivity index (χ4n) is 2.06. The van der Waals surface area contributed by atoms with Gasteiger partial charge < -0.3 is 5.32 Å². The summed E-state index contributed by atoms with van der Waals surface area (Å²) in [6, 6.07) is 1.36. The number of halogens is 1. The first-order valence-corrected chi connectivity index (χ1v) is 5.08. The van der Waals surface area contributed by atoms with Crippen molar-refractivity contribution in [3.05, 3.63) is 0 Å². The molecule has 0 aliphatic carbocycles. The van der Waals surface area contributed by atoms with Gasteiger partial charge in [0.25, 0.3) is 0 Å². The molecule has 66 valence electrons. The zero-order chi connectivity index (χ0) is 8.27. The summed E-state index contributed by atoms with van der Waals surface area (Å²) in [6.07, 6.45) is 3.74. The van der Waals surface area contributed by atoms with Crippen molar-refractivity contribution in [1.29, 1.82) is 0 Å². The lowest BCUT2D eigenvalue weighted by molar-refractivity contribution is 0.262. The van der Waals surface area contributed by atoms with Crippen molar-refractivity contribution in [1.82, 2.24) is 5.32 Å². The minimum absolute atomic E-state index is 0.672. The highest BCUT2D eigenvalue weighted by Crippen LogP contribution is 2.20. The molecule has 0 radical (unpaired) electrons. The average Bonchev–Trinajstić information content (AvgIpc) is 1.85. The van der Waals surface area contributed by atoms with E-state index < -0.39 is 0 Å². The molecule has 0 aromatic carbocycles. The lowest BCUT2D eigenvalue weighted by atomic mass is 9.89. The highest BCUT2D eigenvalue weighted by atomic mass is 35.5. The summed E-state index contributed by atoms with van der Waals surface area (Å²) in [5.74, 6) is 1.66. The third-order valence-corrected chi connectivity index (χ3v) is 2.64. The van der Waals surface area contributed by atoms with Crippen LogP contribution in [0.4, 0.5) is 0 Å². The van der Waals surface area contributed by atoms with Gasteiger partial charge in [0.2, 0.25) is 0 Å². The second-order valence-corrected chi connectivity index (χ2v) is 4.20. The van der Waals surface area contributed by atoms with Gasteiger partial charge in [0.1, 0.15) is 0 Å². The highest BCUT2D eigenvalue weighted by molar-refractivity contribution is 6.17. The third-order valence-electron chi connectivity index (χ3n) is 2.42. The lowest BCUT2D eigenvalue weighted by Crippen LogP contribution is -2.43. The quantitative estimate of drug-likeness (QED) is 0.636. The Labute approximate surface area is 74.5 Å². The Morgan fingerprint density at radius 3 is 2.64 bits per heavy atom. The van der Waals surface area contributed by atoms with Crippen molar-refractivity contribution in [2.45, 2.75) is 45.2 Å². The summed E-state index contributed by atoms with van der Waals surface area (Å²) in [5, 5.41) is 3.56. The minimum Gasteiger partial charge on any atom is -0.311 e. The van der Waals surface area contributed by atoms with Crippen LogP contribution >= 0.6 is 11.6 Å². The van der Waals surface area contributed by atoms with Gasteiger partial charge in [-0.1, -0.05) is 6.92 Å². The predicted octanol–water partition coefficient (Wildman–Crippen LogP) is 2.39. The number of hydrogen-bond acceptors (Lipinski definition) is 1. The van der Waals surface area contributed by atoms with E-state index >= 15 is 0 Å². The van der Waals surface area contributed by atoms with Crippen LogP contribution in [0.1, 0.15) is 33.1 Å². The second-order valence-electron chi connectivity index (χ2n) is 3.82. The molecule has 0 aromatic rings. The van der Waals surface area contributed by atoms with Crippen LogP contribution < -0.4 is 5.32 Å². The van der Waals surface area contributed by atoms with Gasteiger partial charge in [0.15, 0.2) is 0 Å². The van der Waals surface area contributed by atoms with E-state index in [2.05, 4.69) is 19.2 Å². The molecule has 1 saturated heterocycles. The minimum atomic E-state index is 0.672. The first-order chi connectivity index (χ1) is 5.22. The summed E-state index contributed by atoms with van der Waals surface area (Å²) in [6.45, 7) is 4.59. The summed E-state index contributed by atoms with van der Waals surface area (Å²) in [7, 11) is 0. The van der Waals surface area contributed by atoms with Crippen molar-refractivity contribution in [2.24, 2.45) is 5.92 Å². The van der Waals surface area contributed by atoms with E-state index in [1.165, 1.54) is 12.8 Å². The Morgan fingerprint density at radius 2 is 2.09 bits per heavy atom. The number of piperidine rings is 1. The van der Waals surface area contributed by atoms with Crippen molar-refractivity contribution < 1.29 is 0 Å². The zero-order valence-electron chi connectivity index (χ0n) is 7.44. The van der Waals surface area contributed by atoms with Crippen LogP contribution in [0.25, 0.3) is 0 Å². The van der Waals surface area contributed by atoms with Crippen molar-refractivity contribution in [2.75, 3.05) is 5.88 Å². The molecule has 0 amide bonds. The molecular formula is C9H18ClN. The van der Waals surface area contributed by atoms with E-state index in [0.29, 0.717) is 12.1 Å². The summed E-state index contributed by atoms with van der Waals surface area (Å²) in [5.41, 5.74) is 0. The molecular weight excluding hydrogens is 158 g/mol. The molecule has 3 atom stereocenters. The van der Waals surface area contributed by atoms with Crippen LogP contribution in [-0.2, 0) is 0 Å². The van der Waals surface area contributed by atoms with Gasteiger partial charge in [0.05, 0.1) is 0 Å². The average molecular weight is 176 g/mol. The van der Waals surface area contributed by atoms with Gasteiger partial charge >= 0.3 is 0 Å². The van der Waals surface area contributed by atoms with Gasteiger partial charge in [-0.25, -0.2) is 0 Å². The Kier molecular flexibility index (Phi) is 3.67. The molecule has 1 nitrogen and oxygen atoms in total. The van der Waals surface area contributed by atoms with E-state index in [0.717, 1.165) is 18.2 Å². The molecule has 11 heavy (non-hydrogen) atoms. The maximum Gasteiger partial charge on any atom is 0.0238 e. The van der Waals surface area contributed by atoms with Crippen LogP contribution in [0.5, 0.6) is 0 Å². The SMILES string of the molecule is CC1CC(C)NC(CCCl)C1. The molecule has 1 N–H and O–H groups in total. The maximum atomic E-state index is 5.69. The topological polar surface area (TPSA) is 12.0 Å². The second kappa shape index (κ2) is 4.32. The van der Waals surface area contributed by atoms with Crippen LogP contribution in [0.15, 0.2) is 0 Å². The Hall–Kier alpha value is 0.250. The molecule has 1 aliphatic heterocycles. The Balaban J connectivity index is 2.30. The lowest BCUT2D eigenvalue weighted by Gasteiger charge is -2.32. The normalized spacial score (nSPS) is 39.0. The van der Waals surface area contributed by atoms with Gasteiger partial charge in [-0.3, -0.25) is 0 Å². The Morgan fingerprint density at radius 1 is 1.36 bits per heavy atom. The predicted molar refractivity (Wildman–Crippen MR) is 50.1 cm³/mol. The largest absolute Gasteiger partial charge is 0.311 e. The third kappa shape index (κ3) is 3.00. The van der Waals surface area contributed by atoms with E-state index in [4.69, 9.17) is 11.6 Å².